The molecule has 0 spiro atoms. The van der Waals surface area contributed by atoms with Gasteiger partial charge >= 0.3 is 0 Å². The van der Waals surface area contributed by atoms with Gasteiger partial charge < -0.3 is 5.32 Å². The summed E-state index contributed by atoms with van der Waals surface area (Å²) in [5.41, 5.74) is 0.157. The molecule has 25 heavy (non-hydrogen) atoms. The molecule has 0 saturated heterocycles. The van der Waals surface area contributed by atoms with Crippen LogP contribution >= 0.6 is 0 Å². The molecule has 6 nitrogen and oxygen atoms in total. The fourth-order valence-corrected chi connectivity index (χ4v) is 3.15. The highest BCUT2D eigenvalue weighted by atomic mass is 19.1. The fourth-order valence-electron chi connectivity index (χ4n) is 3.15. The summed E-state index contributed by atoms with van der Waals surface area (Å²) in [7, 11) is 0. The minimum Gasteiger partial charge on any atom is -0.325 e. The van der Waals surface area contributed by atoms with Gasteiger partial charge in [0.2, 0.25) is 5.91 Å². The zero-order chi connectivity index (χ0) is 17.6. The Hall–Kier alpha value is -3.22. The van der Waals surface area contributed by atoms with Gasteiger partial charge in [-0.15, -0.1) is 0 Å². The van der Waals surface area contributed by atoms with E-state index in [9.17, 15) is 18.8 Å². The molecule has 2 aromatic carbocycles. The zero-order valence-electron chi connectivity index (χ0n) is 13.0. The summed E-state index contributed by atoms with van der Waals surface area (Å²) in [6.07, 6.45) is 0.622. The van der Waals surface area contributed by atoms with Gasteiger partial charge in [0.05, 0.1) is 16.5 Å². The molecule has 1 saturated carbocycles. The third-order valence-corrected chi connectivity index (χ3v) is 4.49. The standard InChI is InChI=1S/C18H14FN3O3/c19-10-4-1-3-9(7-10)12-8-13(12)16(23)20-14-6-2-5-11-15(14)18(25)22-21-17(11)24/h1-7,12-13H,8H2,(H,20,23)(H,21,24)(H,22,25)/t12-,13-/m1/s1. The highest BCUT2D eigenvalue weighted by Crippen LogP contribution is 2.48. The third-order valence-electron chi connectivity index (χ3n) is 4.49. The molecule has 126 valence electrons. The van der Waals surface area contributed by atoms with Crippen molar-refractivity contribution in [1.82, 2.24) is 10.2 Å². The number of hydrogen-bond donors (Lipinski definition) is 3. The molecule has 1 fully saturated rings. The van der Waals surface area contributed by atoms with Gasteiger partial charge in [-0.1, -0.05) is 18.2 Å². The normalized spacial score (nSPS) is 18.9. The molecule has 1 aliphatic carbocycles. The van der Waals surface area contributed by atoms with Crippen LogP contribution in [0.3, 0.4) is 0 Å². The van der Waals surface area contributed by atoms with E-state index >= 15 is 0 Å². The van der Waals surface area contributed by atoms with E-state index in [2.05, 4.69) is 15.5 Å². The summed E-state index contributed by atoms with van der Waals surface area (Å²) >= 11 is 0. The molecule has 0 aliphatic heterocycles. The highest BCUT2D eigenvalue weighted by Gasteiger charge is 2.44. The van der Waals surface area contributed by atoms with Crippen LogP contribution in [-0.4, -0.2) is 16.1 Å². The number of carbonyl (C=O) groups excluding carboxylic acids is 1. The molecule has 1 heterocycles. The summed E-state index contributed by atoms with van der Waals surface area (Å²) in [5.74, 6) is -0.893. The molecule has 0 bridgehead atoms. The number of anilines is 1. The van der Waals surface area contributed by atoms with Gasteiger partial charge in [-0.25, -0.2) is 4.39 Å². The lowest BCUT2D eigenvalue weighted by Crippen LogP contribution is -2.22. The number of hydrogen-bond acceptors (Lipinski definition) is 3. The fraction of sp³-hybridized carbons (Fsp3) is 0.167. The zero-order valence-corrected chi connectivity index (χ0v) is 13.0. The lowest BCUT2D eigenvalue weighted by molar-refractivity contribution is -0.117. The van der Waals surface area contributed by atoms with E-state index < -0.39 is 11.1 Å². The first kappa shape index (κ1) is 15.3. The van der Waals surface area contributed by atoms with Crippen LogP contribution in [-0.2, 0) is 4.79 Å². The Morgan fingerprint density at radius 1 is 1.08 bits per heavy atom. The van der Waals surface area contributed by atoms with Crippen LogP contribution in [0.5, 0.6) is 0 Å². The molecule has 0 radical (unpaired) electrons. The first-order chi connectivity index (χ1) is 12.0. The van der Waals surface area contributed by atoms with Gasteiger partial charge in [-0.3, -0.25) is 24.6 Å². The molecule has 3 aromatic rings. The number of aromatic amines is 2. The molecule has 1 aromatic heterocycles. The van der Waals surface area contributed by atoms with Gasteiger partial charge in [0.15, 0.2) is 0 Å². The van der Waals surface area contributed by atoms with Crippen molar-refractivity contribution in [2.45, 2.75) is 12.3 Å². The minimum absolute atomic E-state index is 0.0348. The maximum atomic E-state index is 13.3. The van der Waals surface area contributed by atoms with Crippen molar-refractivity contribution >= 4 is 22.4 Å². The summed E-state index contributed by atoms with van der Waals surface area (Å²) in [6.45, 7) is 0. The van der Waals surface area contributed by atoms with Crippen LogP contribution in [0, 0.1) is 11.7 Å². The summed E-state index contributed by atoms with van der Waals surface area (Å²) in [5, 5.41) is 7.58. The molecule has 2 atom stereocenters. The minimum atomic E-state index is -0.483. The van der Waals surface area contributed by atoms with Crippen LogP contribution in [0.4, 0.5) is 10.1 Å². The maximum absolute atomic E-state index is 13.3. The molecular formula is C18H14FN3O3. The van der Waals surface area contributed by atoms with E-state index in [1.807, 2.05) is 0 Å². The van der Waals surface area contributed by atoms with Crippen molar-refractivity contribution in [3.63, 3.8) is 0 Å². The Kier molecular flexibility index (Phi) is 3.49. The van der Waals surface area contributed by atoms with Crippen molar-refractivity contribution in [1.29, 1.82) is 0 Å². The van der Waals surface area contributed by atoms with Gasteiger partial charge in [-0.05, 0) is 42.2 Å². The number of fused-ring (bicyclic) bond motifs is 1. The topological polar surface area (TPSA) is 94.8 Å². The van der Waals surface area contributed by atoms with Crippen molar-refractivity contribution < 1.29 is 9.18 Å². The van der Waals surface area contributed by atoms with E-state index in [1.54, 1.807) is 24.3 Å². The van der Waals surface area contributed by atoms with Crippen LogP contribution in [0.25, 0.3) is 10.8 Å². The number of nitrogens with one attached hydrogen (secondary N) is 3. The predicted molar refractivity (Wildman–Crippen MR) is 91.1 cm³/mol. The number of rotatable bonds is 3. The second kappa shape index (κ2) is 5.70. The molecule has 4 rings (SSSR count). The lowest BCUT2D eigenvalue weighted by Gasteiger charge is -2.08. The number of H-pyrrole nitrogens is 2. The van der Waals surface area contributed by atoms with Crippen LogP contribution in [0.2, 0.25) is 0 Å². The Morgan fingerprint density at radius 3 is 2.64 bits per heavy atom. The average molecular weight is 339 g/mol. The predicted octanol–water partition coefficient (Wildman–Crippen LogP) is 2.10. The quantitative estimate of drug-likeness (QED) is 0.682. The number of halogens is 1. The van der Waals surface area contributed by atoms with Gasteiger partial charge in [0.1, 0.15) is 5.82 Å². The lowest BCUT2D eigenvalue weighted by atomic mass is 10.1. The molecule has 7 heteroatoms. The Balaban J connectivity index is 1.61. The molecule has 3 N–H and O–H groups in total. The van der Waals surface area contributed by atoms with Crippen LogP contribution in [0.15, 0.2) is 52.1 Å². The third kappa shape index (κ3) is 2.73. The summed E-state index contributed by atoms with van der Waals surface area (Å²) < 4.78 is 13.3. The largest absolute Gasteiger partial charge is 0.325 e. The Bertz CT molecular complexity index is 1100. The van der Waals surface area contributed by atoms with Crippen LogP contribution < -0.4 is 16.4 Å². The Morgan fingerprint density at radius 2 is 1.84 bits per heavy atom. The second-order valence-corrected chi connectivity index (χ2v) is 6.13. The van der Waals surface area contributed by atoms with Crippen molar-refractivity contribution in [2.75, 3.05) is 5.32 Å². The van der Waals surface area contributed by atoms with Crippen molar-refractivity contribution in [3.05, 3.63) is 74.6 Å². The number of benzene rings is 2. The average Bonchev–Trinajstić information content (AvgIpc) is 3.39. The first-order valence-corrected chi connectivity index (χ1v) is 7.84. The van der Waals surface area contributed by atoms with Crippen molar-refractivity contribution in [3.8, 4) is 0 Å². The van der Waals surface area contributed by atoms with E-state index in [0.29, 0.717) is 12.1 Å². The smallest absolute Gasteiger partial charge is 0.272 e. The number of aromatic nitrogens is 2. The van der Waals surface area contributed by atoms with Crippen LogP contribution in [0.1, 0.15) is 17.9 Å². The summed E-state index contributed by atoms with van der Waals surface area (Å²) in [6, 6.07) is 10.9. The molecule has 1 aliphatic rings. The monoisotopic (exact) mass is 339 g/mol. The SMILES string of the molecule is O=C(Nc1cccc2c(=O)[nH][nH]c(=O)c12)[C@@H]1C[C@@H]1c1cccc(F)c1. The number of carbonyl (C=O) groups is 1. The summed E-state index contributed by atoms with van der Waals surface area (Å²) in [4.78, 5) is 36.3. The maximum Gasteiger partial charge on any atom is 0.272 e. The molecule has 0 unspecified atom stereocenters. The number of amides is 1. The molecule has 1 amide bonds. The van der Waals surface area contributed by atoms with E-state index in [1.165, 1.54) is 18.2 Å². The van der Waals surface area contributed by atoms with Gasteiger partial charge in [0.25, 0.3) is 11.1 Å². The van der Waals surface area contributed by atoms with E-state index in [4.69, 9.17) is 0 Å². The van der Waals surface area contributed by atoms with Gasteiger partial charge in [0, 0.05) is 5.92 Å². The Labute approximate surface area is 140 Å². The highest BCUT2D eigenvalue weighted by molar-refractivity contribution is 6.03. The van der Waals surface area contributed by atoms with Crippen molar-refractivity contribution in [2.24, 2.45) is 5.92 Å². The second-order valence-electron chi connectivity index (χ2n) is 6.13. The van der Waals surface area contributed by atoms with Gasteiger partial charge in [-0.2, -0.15) is 0 Å². The molecular weight excluding hydrogens is 325 g/mol. The van der Waals surface area contributed by atoms with E-state index in [0.717, 1.165) is 5.56 Å². The first-order valence-electron chi connectivity index (χ1n) is 7.84. The van der Waals surface area contributed by atoms with E-state index in [-0.39, 0.29) is 34.3 Å².